The number of methoxy groups -OCH3 is 1. The molecule has 3 rings (SSSR count). The van der Waals surface area contributed by atoms with Crippen LogP contribution in [-0.4, -0.2) is 47.4 Å². The highest BCUT2D eigenvalue weighted by atomic mass is 79.9. The number of hydrogen-bond acceptors (Lipinski definition) is 7. The minimum atomic E-state index is -4.11. The first-order valence-corrected chi connectivity index (χ1v) is 14.6. The Bertz CT molecular complexity index is 1410. The van der Waals surface area contributed by atoms with Crippen molar-refractivity contribution in [2.75, 3.05) is 31.2 Å². The number of carbonyl (C=O) groups is 1. The van der Waals surface area contributed by atoms with Gasteiger partial charge < -0.3 is 14.2 Å². The number of sulfonamides is 1. The van der Waals surface area contributed by atoms with Crippen LogP contribution in [0.15, 0.2) is 75.1 Å². The van der Waals surface area contributed by atoms with Crippen LogP contribution in [0, 0.1) is 6.92 Å². The van der Waals surface area contributed by atoms with Gasteiger partial charge in [0.1, 0.15) is 12.3 Å². The molecule has 0 aromatic heterocycles. The lowest BCUT2D eigenvalue weighted by Crippen LogP contribution is -2.39. The average molecular weight is 619 g/mol. The van der Waals surface area contributed by atoms with Crippen LogP contribution in [0.4, 0.5) is 5.69 Å². The van der Waals surface area contributed by atoms with Gasteiger partial charge in [-0.2, -0.15) is 5.10 Å². The molecule has 1 N–H and O–H groups in total. The summed E-state index contributed by atoms with van der Waals surface area (Å²) in [6.07, 6.45) is 2.32. The van der Waals surface area contributed by atoms with Gasteiger partial charge in [-0.3, -0.25) is 9.10 Å². The number of halogens is 1. The quantitative estimate of drug-likeness (QED) is 0.206. The maximum Gasteiger partial charge on any atom is 0.264 e. The second-order valence-corrected chi connectivity index (χ2v) is 11.1. The van der Waals surface area contributed by atoms with E-state index in [1.54, 1.807) is 48.5 Å². The molecule has 0 aliphatic carbocycles. The van der Waals surface area contributed by atoms with Crippen molar-refractivity contribution >= 4 is 43.8 Å². The lowest BCUT2D eigenvalue weighted by atomic mass is 10.2. The van der Waals surface area contributed by atoms with Gasteiger partial charge in [0, 0.05) is 0 Å². The van der Waals surface area contributed by atoms with Crippen LogP contribution in [0.5, 0.6) is 17.2 Å². The molecule has 3 aromatic carbocycles. The lowest BCUT2D eigenvalue weighted by Gasteiger charge is -2.24. The van der Waals surface area contributed by atoms with Gasteiger partial charge in [-0.15, -0.1) is 0 Å². The number of anilines is 1. The first kappa shape index (κ1) is 30.0. The summed E-state index contributed by atoms with van der Waals surface area (Å²) in [6.45, 7) is 6.34. The number of nitrogens with one attached hydrogen (secondary N) is 1. The molecule has 0 aliphatic rings. The molecule has 3 aromatic rings. The molecule has 0 unspecified atom stereocenters. The van der Waals surface area contributed by atoms with E-state index in [9.17, 15) is 13.2 Å². The molecule has 208 valence electrons. The molecule has 0 spiro atoms. The topological polar surface area (TPSA) is 107 Å². The Morgan fingerprint density at radius 2 is 1.72 bits per heavy atom. The van der Waals surface area contributed by atoms with Crippen molar-refractivity contribution < 1.29 is 27.4 Å². The molecule has 9 nitrogen and oxygen atoms in total. The highest BCUT2D eigenvalue weighted by Gasteiger charge is 2.28. The minimum Gasteiger partial charge on any atom is -0.496 e. The predicted octanol–water partition coefficient (Wildman–Crippen LogP) is 5.30. The van der Waals surface area contributed by atoms with E-state index < -0.39 is 22.5 Å². The van der Waals surface area contributed by atoms with Crippen molar-refractivity contribution in [2.45, 2.75) is 32.1 Å². The fourth-order valence-electron chi connectivity index (χ4n) is 3.51. The van der Waals surface area contributed by atoms with Gasteiger partial charge in [-0.25, -0.2) is 13.8 Å². The van der Waals surface area contributed by atoms with E-state index in [-0.39, 0.29) is 4.90 Å². The smallest absolute Gasteiger partial charge is 0.264 e. The molecule has 0 saturated heterocycles. The van der Waals surface area contributed by atoms with Gasteiger partial charge >= 0.3 is 0 Å². The Morgan fingerprint density at radius 3 is 2.36 bits per heavy atom. The molecular weight excluding hydrogens is 586 g/mol. The van der Waals surface area contributed by atoms with E-state index >= 15 is 0 Å². The third kappa shape index (κ3) is 7.96. The standard InChI is InChI=1S/C28H32BrN3O6S/c1-5-15-38-26-13-9-21(16-27(26)37-6-2)18-30-31-28(33)19-32(22-10-7-20(3)8-11-22)39(34,35)23-12-14-25(36-4)24(29)17-23/h7-14,16-18H,5-6,15,19H2,1-4H3,(H,31,33)/b30-18-. The average Bonchev–Trinajstić information content (AvgIpc) is 2.92. The maximum atomic E-state index is 13.6. The Hall–Kier alpha value is -3.57. The number of hydrazone groups is 1. The van der Waals surface area contributed by atoms with E-state index in [2.05, 4.69) is 26.5 Å². The van der Waals surface area contributed by atoms with Crippen LogP contribution in [0.1, 0.15) is 31.4 Å². The molecule has 39 heavy (non-hydrogen) atoms. The van der Waals surface area contributed by atoms with Crippen LogP contribution in [-0.2, 0) is 14.8 Å². The highest BCUT2D eigenvalue weighted by Crippen LogP contribution is 2.31. The number of aryl methyl sites for hydroxylation is 1. The monoisotopic (exact) mass is 617 g/mol. The number of amides is 1. The van der Waals surface area contributed by atoms with Crippen LogP contribution in [0.2, 0.25) is 0 Å². The van der Waals surface area contributed by atoms with Gasteiger partial charge in [-0.1, -0.05) is 24.6 Å². The summed E-state index contributed by atoms with van der Waals surface area (Å²) in [5.74, 6) is 1.07. The van der Waals surface area contributed by atoms with Crippen molar-refractivity contribution in [3.05, 3.63) is 76.3 Å². The normalized spacial score (nSPS) is 11.3. The molecular formula is C28H32BrN3O6S. The van der Waals surface area contributed by atoms with Crippen LogP contribution in [0.25, 0.3) is 0 Å². The summed E-state index contributed by atoms with van der Waals surface area (Å²) in [7, 11) is -2.62. The Balaban J connectivity index is 1.81. The summed E-state index contributed by atoms with van der Waals surface area (Å²) in [5, 5.41) is 4.02. The van der Waals surface area contributed by atoms with E-state index in [1.807, 2.05) is 20.8 Å². The lowest BCUT2D eigenvalue weighted by molar-refractivity contribution is -0.119. The third-order valence-corrected chi connectivity index (χ3v) is 7.84. The third-order valence-electron chi connectivity index (χ3n) is 5.45. The predicted molar refractivity (Wildman–Crippen MR) is 156 cm³/mol. The molecule has 1 amide bonds. The first-order chi connectivity index (χ1) is 18.7. The minimum absolute atomic E-state index is 0.000821. The van der Waals surface area contributed by atoms with Crippen molar-refractivity contribution in [1.82, 2.24) is 5.43 Å². The number of carbonyl (C=O) groups excluding carboxylic acids is 1. The van der Waals surface area contributed by atoms with E-state index in [4.69, 9.17) is 14.2 Å². The van der Waals surface area contributed by atoms with Crippen molar-refractivity contribution in [3.8, 4) is 17.2 Å². The second-order valence-electron chi connectivity index (χ2n) is 8.42. The van der Waals surface area contributed by atoms with Crippen LogP contribution >= 0.6 is 15.9 Å². The van der Waals surface area contributed by atoms with Gasteiger partial charge in [-0.05, 0) is 90.3 Å². The number of benzene rings is 3. The summed E-state index contributed by atoms with van der Waals surface area (Å²) < 4.78 is 45.3. The summed E-state index contributed by atoms with van der Waals surface area (Å²) in [5.41, 5.74) is 4.39. The van der Waals surface area contributed by atoms with Crippen molar-refractivity contribution in [1.29, 1.82) is 0 Å². The maximum absolute atomic E-state index is 13.6. The Morgan fingerprint density at radius 1 is 1.00 bits per heavy atom. The first-order valence-electron chi connectivity index (χ1n) is 12.3. The Labute approximate surface area is 238 Å². The zero-order valence-electron chi connectivity index (χ0n) is 22.3. The molecule has 0 bridgehead atoms. The van der Waals surface area contributed by atoms with Crippen molar-refractivity contribution in [3.63, 3.8) is 0 Å². The largest absolute Gasteiger partial charge is 0.496 e. The fraction of sp³-hybridized carbons (Fsp3) is 0.286. The van der Waals surface area contributed by atoms with Gasteiger partial charge in [0.15, 0.2) is 11.5 Å². The number of rotatable bonds is 13. The number of hydrogen-bond donors (Lipinski definition) is 1. The molecule has 0 saturated carbocycles. The van der Waals surface area contributed by atoms with Crippen molar-refractivity contribution in [2.24, 2.45) is 5.10 Å². The summed E-state index contributed by atoms with van der Waals surface area (Å²) in [6, 6.07) is 16.6. The molecule has 0 radical (unpaired) electrons. The molecule has 0 atom stereocenters. The number of ether oxygens (including phenoxy) is 3. The summed E-state index contributed by atoms with van der Waals surface area (Å²) in [4.78, 5) is 12.9. The zero-order valence-corrected chi connectivity index (χ0v) is 24.7. The SMILES string of the molecule is CCCOc1ccc(/C=N\NC(=O)CN(c2ccc(C)cc2)S(=O)(=O)c2ccc(OC)c(Br)c2)cc1OCC. The zero-order chi connectivity index (χ0) is 28.4. The highest BCUT2D eigenvalue weighted by molar-refractivity contribution is 9.10. The molecule has 0 fully saturated rings. The van der Waals surface area contributed by atoms with E-state index in [0.29, 0.717) is 46.2 Å². The second kappa shape index (κ2) is 14.0. The van der Waals surface area contributed by atoms with Gasteiger partial charge in [0.25, 0.3) is 15.9 Å². The van der Waals surface area contributed by atoms with Gasteiger partial charge in [0.2, 0.25) is 0 Å². The molecule has 0 aliphatic heterocycles. The molecule has 11 heteroatoms. The number of nitrogens with zero attached hydrogens (tertiary/aromatic N) is 2. The Kier molecular flexibility index (Phi) is 10.8. The molecule has 0 heterocycles. The van der Waals surface area contributed by atoms with Crippen LogP contribution in [0.3, 0.4) is 0 Å². The fourth-order valence-corrected chi connectivity index (χ4v) is 5.65. The summed E-state index contributed by atoms with van der Waals surface area (Å²) >= 11 is 3.33. The van der Waals surface area contributed by atoms with E-state index in [0.717, 1.165) is 16.3 Å². The van der Waals surface area contributed by atoms with Crippen LogP contribution < -0.4 is 23.9 Å². The van der Waals surface area contributed by atoms with Gasteiger partial charge in [0.05, 0.1) is 41.6 Å². The van der Waals surface area contributed by atoms with E-state index in [1.165, 1.54) is 25.5 Å².